The van der Waals surface area contributed by atoms with Gasteiger partial charge in [0.2, 0.25) is 17.7 Å². The highest BCUT2D eigenvalue weighted by atomic mass is 32.1. The summed E-state index contributed by atoms with van der Waals surface area (Å²) in [7, 11) is 0. The lowest BCUT2D eigenvalue weighted by atomic mass is 9.85. The number of pyridine rings is 1. The molecule has 2 atom stereocenters. The Hall–Kier alpha value is -7.03. The number of amides is 4. The van der Waals surface area contributed by atoms with Crippen molar-refractivity contribution >= 4 is 63.7 Å². The van der Waals surface area contributed by atoms with E-state index in [0.717, 1.165) is 38.9 Å². The summed E-state index contributed by atoms with van der Waals surface area (Å²) in [6.45, 7) is 9.79. The van der Waals surface area contributed by atoms with Gasteiger partial charge in [0.05, 0.1) is 63.2 Å². The molecule has 0 radical (unpaired) electrons. The summed E-state index contributed by atoms with van der Waals surface area (Å²) >= 11 is 6.94. The summed E-state index contributed by atoms with van der Waals surface area (Å²) in [6.07, 6.45) is -8.31. The second-order valence-corrected chi connectivity index (χ2v) is 20.2. The van der Waals surface area contributed by atoms with Gasteiger partial charge in [0.1, 0.15) is 42.1 Å². The molecular formula is C51H49F7N8O6S2. The van der Waals surface area contributed by atoms with Gasteiger partial charge in [-0.05, 0) is 105 Å². The standard InChI is InChI=1S/C51H49F7N8O6S2/c1-28-42(74-27-62-28)31-11-9-29(10-12-31)24-61-44(68)37-8-7-19-64(37)45(69)43(48(2,3)4)63-38(67)26-71-20-21-72-34-16-13-30(14-17-34)41-35(50(53,54)55)22-33(25-60-41)66-47(73)65(46(70)49(66,5)6)36-18-15-32(23-59)39(40(36)52)51(56,57)58/h9-18,22,25,27,37,43H,7-8,19-21,24,26H2,1-6H3,(H,61,68)(H,63,67). The minimum atomic E-state index is -5.34. The van der Waals surface area contributed by atoms with Crippen LogP contribution in [0.5, 0.6) is 5.75 Å². The zero-order valence-electron chi connectivity index (χ0n) is 40.7. The molecule has 2 aliphatic heterocycles. The Morgan fingerprint density at radius 1 is 0.959 bits per heavy atom. The maximum atomic E-state index is 15.5. The van der Waals surface area contributed by atoms with Gasteiger partial charge in [0.15, 0.2) is 10.9 Å². The molecule has 0 bridgehead atoms. The number of nitrogens with one attached hydrogen (secondary N) is 2. The number of halogens is 7. The van der Waals surface area contributed by atoms with E-state index in [1.165, 1.54) is 49.1 Å². The fourth-order valence-corrected chi connectivity index (χ4v) is 9.97. The first kappa shape index (κ1) is 54.7. The van der Waals surface area contributed by atoms with Crippen LogP contribution in [0.15, 0.2) is 78.4 Å². The van der Waals surface area contributed by atoms with Crippen molar-refractivity contribution in [2.75, 3.05) is 36.2 Å². The second-order valence-electron chi connectivity index (χ2n) is 19.0. The molecule has 14 nitrogen and oxygen atoms in total. The Bertz CT molecular complexity index is 3010. The lowest BCUT2D eigenvalue weighted by Crippen LogP contribution is -2.58. The van der Waals surface area contributed by atoms with Crippen LogP contribution in [0.3, 0.4) is 0 Å². The fourth-order valence-electron chi connectivity index (χ4n) is 8.64. The van der Waals surface area contributed by atoms with E-state index in [0.29, 0.717) is 36.4 Å². The second kappa shape index (κ2) is 21.4. The molecule has 7 rings (SSSR count). The van der Waals surface area contributed by atoms with Gasteiger partial charge in [-0.1, -0.05) is 45.0 Å². The van der Waals surface area contributed by atoms with Crippen LogP contribution in [0.1, 0.15) is 75.4 Å². The highest BCUT2D eigenvalue weighted by Crippen LogP contribution is 2.44. The van der Waals surface area contributed by atoms with E-state index in [4.69, 9.17) is 21.7 Å². The molecular weight excluding hydrogens is 1020 g/mol. The van der Waals surface area contributed by atoms with Crippen molar-refractivity contribution in [3.63, 3.8) is 0 Å². The number of thiazole rings is 1. The molecule has 3 aromatic carbocycles. The van der Waals surface area contributed by atoms with Gasteiger partial charge >= 0.3 is 12.4 Å². The number of likely N-dealkylation sites (tertiary alicyclic amines) is 1. The van der Waals surface area contributed by atoms with Gasteiger partial charge in [-0.2, -0.15) is 31.6 Å². The lowest BCUT2D eigenvalue weighted by molar-refractivity contribution is -0.144. The molecule has 390 valence electrons. The van der Waals surface area contributed by atoms with Crippen molar-refractivity contribution in [2.24, 2.45) is 5.41 Å². The van der Waals surface area contributed by atoms with Gasteiger partial charge in [-0.25, -0.2) is 9.37 Å². The molecule has 23 heteroatoms. The van der Waals surface area contributed by atoms with E-state index >= 15 is 4.39 Å². The summed E-state index contributed by atoms with van der Waals surface area (Å²) in [5.74, 6) is -4.09. The minimum Gasteiger partial charge on any atom is -0.491 e. The molecule has 0 saturated carbocycles. The molecule has 2 saturated heterocycles. The van der Waals surface area contributed by atoms with Crippen LogP contribution in [0, 0.1) is 29.5 Å². The van der Waals surface area contributed by atoms with E-state index in [2.05, 4.69) is 20.6 Å². The monoisotopic (exact) mass is 1070 g/mol. The number of carbonyl (C=O) groups excluding carboxylic acids is 4. The number of thiocarbonyl (C=S) groups is 1. The van der Waals surface area contributed by atoms with Crippen molar-refractivity contribution in [2.45, 2.75) is 90.9 Å². The predicted molar refractivity (Wildman–Crippen MR) is 264 cm³/mol. The molecule has 0 spiro atoms. The molecule has 74 heavy (non-hydrogen) atoms. The van der Waals surface area contributed by atoms with E-state index in [1.807, 2.05) is 31.2 Å². The van der Waals surface area contributed by atoms with Crippen LogP contribution in [0.4, 0.5) is 42.1 Å². The Labute approximate surface area is 430 Å². The molecule has 2 unspecified atom stereocenters. The molecule has 4 heterocycles. The van der Waals surface area contributed by atoms with E-state index in [-0.39, 0.29) is 42.7 Å². The van der Waals surface area contributed by atoms with Crippen molar-refractivity contribution in [3.8, 4) is 33.5 Å². The number of ether oxygens (including phenoxy) is 2. The van der Waals surface area contributed by atoms with Gasteiger partial charge in [-0.15, -0.1) is 11.3 Å². The van der Waals surface area contributed by atoms with E-state index in [9.17, 15) is 50.8 Å². The molecule has 5 aromatic rings. The number of anilines is 2. The number of rotatable bonds is 15. The van der Waals surface area contributed by atoms with Crippen LogP contribution < -0.4 is 25.2 Å². The number of carbonyl (C=O) groups is 4. The van der Waals surface area contributed by atoms with E-state index in [1.54, 1.807) is 37.6 Å². The summed E-state index contributed by atoms with van der Waals surface area (Å²) in [6, 6.07) is 14.8. The van der Waals surface area contributed by atoms with Gasteiger partial charge in [-0.3, -0.25) is 29.1 Å². The number of nitriles is 1. The van der Waals surface area contributed by atoms with Crippen molar-refractivity contribution < 1.29 is 59.4 Å². The summed E-state index contributed by atoms with van der Waals surface area (Å²) in [5, 5.41) is 14.3. The smallest absolute Gasteiger partial charge is 0.420 e. The SMILES string of the molecule is Cc1ncsc1-c1ccc(CNC(=O)C2CCCN2C(=O)C(NC(=O)COCCOc2ccc(-c3ncc(N4C(=S)N(c5ccc(C#N)c(C(F)(F)F)c5F)C(=O)C4(C)C)cc3C(F)(F)F)cc2)C(C)(C)C)cc1. The third-order valence-electron chi connectivity index (χ3n) is 12.4. The average molecular weight is 1070 g/mol. The first-order valence-electron chi connectivity index (χ1n) is 23.0. The molecule has 2 N–H and O–H groups in total. The molecule has 0 aliphatic carbocycles. The van der Waals surface area contributed by atoms with Gasteiger partial charge < -0.3 is 29.9 Å². The maximum absolute atomic E-state index is 15.5. The number of nitrogens with zero attached hydrogens (tertiary/aromatic N) is 6. The topological polar surface area (TPSA) is 170 Å². The molecule has 2 aliphatic rings. The summed E-state index contributed by atoms with van der Waals surface area (Å²) in [5.41, 5.74) is -4.05. The van der Waals surface area contributed by atoms with Gasteiger partial charge in [0, 0.05) is 18.7 Å². The number of aryl methyl sites for hydroxylation is 1. The van der Waals surface area contributed by atoms with E-state index < -0.39 is 98.7 Å². The van der Waals surface area contributed by atoms with Crippen molar-refractivity contribution in [1.82, 2.24) is 25.5 Å². The number of aromatic nitrogens is 2. The third kappa shape index (κ3) is 11.5. The Balaban J connectivity index is 0.931. The number of benzene rings is 3. The van der Waals surface area contributed by atoms with Crippen molar-refractivity contribution in [1.29, 1.82) is 5.26 Å². The fraction of sp³-hybridized carbons (Fsp3) is 0.373. The molecule has 2 fully saturated rings. The highest BCUT2D eigenvalue weighted by molar-refractivity contribution is 7.81. The first-order valence-corrected chi connectivity index (χ1v) is 24.3. The van der Waals surface area contributed by atoms with Crippen LogP contribution in [0.2, 0.25) is 0 Å². The molecule has 2 aromatic heterocycles. The predicted octanol–water partition coefficient (Wildman–Crippen LogP) is 9.38. The van der Waals surface area contributed by atoms with Crippen LogP contribution in [0.25, 0.3) is 21.7 Å². The number of hydrogen-bond acceptors (Lipinski definition) is 11. The summed E-state index contributed by atoms with van der Waals surface area (Å²) in [4.78, 5) is 66.5. The normalized spacial score (nSPS) is 16.3. The van der Waals surface area contributed by atoms with Crippen LogP contribution in [-0.2, 0) is 42.8 Å². The highest BCUT2D eigenvalue weighted by Gasteiger charge is 2.53. The Morgan fingerprint density at radius 2 is 1.64 bits per heavy atom. The zero-order chi connectivity index (χ0) is 54.1. The quantitative estimate of drug-likeness (QED) is 0.0582. The number of hydrogen-bond donors (Lipinski definition) is 2. The minimum absolute atomic E-state index is 0.00238. The Kier molecular flexibility index (Phi) is 15.9. The van der Waals surface area contributed by atoms with Crippen molar-refractivity contribution in [3.05, 3.63) is 112 Å². The third-order valence-corrected chi connectivity index (χ3v) is 13.8. The Morgan fingerprint density at radius 3 is 2.24 bits per heavy atom. The van der Waals surface area contributed by atoms with Crippen LogP contribution in [-0.4, -0.2) is 87.6 Å². The first-order chi connectivity index (χ1) is 34.7. The average Bonchev–Trinajstić information content (AvgIpc) is 4.05. The molecule has 4 amide bonds. The van der Waals surface area contributed by atoms with Crippen LogP contribution >= 0.6 is 23.6 Å². The lowest BCUT2D eigenvalue weighted by Gasteiger charge is -2.35. The summed E-state index contributed by atoms with van der Waals surface area (Å²) < 4.78 is 112. The number of alkyl halides is 6. The largest absolute Gasteiger partial charge is 0.491 e. The van der Waals surface area contributed by atoms with Gasteiger partial charge in [0.25, 0.3) is 5.91 Å². The maximum Gasteiger partial charge on any atom is 0.420 e. The zero-order valence-corrected chi connectivity index (χ0v) is 42.3.